The van der Waals surface area contributed by atoms with Crippen LogP contribution in [0, 0.1) is 13.8 Å². The molecule has 0 spiro atoms. The summed E-state index contributed by atoms with van der Waals surface area (Å²) in [6, 6.07) is 11.5. The first kappa shape index (κ1) is 18.9. The van der Waals surface area contributed by atoms with Gasteiger partial charge < -0.3 is 5.32 Å². The fourth-order valence-corrected chi connectivity index (χ4v) is 3.16. The highest BCUT2D eigenvalue weighted by Gasteiger charge is 2.09. The van der Waals surface area contributed by atoms with Crippen LogP contribution in [0.25, 0.3) is 11.0 Å². The highest BCUT2D eigenvalue weighted by Crippen LogP contribution is 2.14. The Morgan fingerprint density at radius 3 is 2.26 bits per heavy atom. The van der Waals surface area contributed by atoms with Crippen LogP contribution in [0.15, 0.2) is 47.4 Å². The van der Waals surface area contributed by atoms with Crippen molar-refractivity contribution < 1.29 is 13.2 Å². The van der Waals surface area contributed by atoms with Gasteiger partial charge in [0.2, 0.25) is 10.0 Å². The Kier molecular flexibility index (Phi) is 5.20. The molecule has 0 radical (unpaired) electrons. The highest BCUT2D eigenvalue weighted by molar-refractivity contribution is 7.89. The van der Waals surface area contributed by atoms with Crippen LogP contribution in [-0.4, -0.2) is 30.8 Å². The van der Waals surface area contributed by atoms with Gasteiger partial charge in [0.15, 0.2) is 0 Å². The van der Waals surface area contributed by atoms with Gasteiger partial charge in [0.1, 0.15) is 0 Å². The number of hydrogen-bond donors (Lipinski definition) is 2. The topological polar surface area (TPSA) is 115 Å². The molecule has 0 bridgehead atoms. The summed E-state index contributed by atoms with van der Waals surface area (Å²) in [5.74, 6) is -0.196. The first-order valence-electron chi connectivity index (χ1n) is 8.39. The molecular formula is C19H20N4O3S. The van der Waals surface area contributed by atoms with Crippen LogP contribution < -0.4 is 10.5 Å². The van der Waals surface area contributed by atoms with Gasteiger partial charge in [-0.2, -0.15) is 0 Å². The Morgan fingerprint density at radius 1 is 1.00 bits per heavy atom. The van der Waals surface area contributed by atoms with Crippen LogP contribution in [0.5, 0.6) is 0 Å². The van der Waals surface area contributed by atoms with Gasteiger partial charge in [0.05, 0.1) is 27.3 Å². The Labute approximate surface area is 157 Å². The fraction of sp³-hybridized carbons (Fsp3) is 0.211. The molecule has 1 aromatic heterocycles. The van der Waals surface area contributed by atoms with Crippen molar-refractivity contribution in [3.63, 3.8) is 0 Å². The molecule has 1 heterocycles. The average molecular weight is 384 g/mol. The minimum atomic E-state index is -3.69. The summed E-state index contributed by atoms with van der Waals surface area (Å²) in [6.45, 7) is 4.21. The maximum atomic E-state index is 12.4. The van der Waals surface area contributed by atoms with Crippen molar-refractivity contribution in [3.8, 4) is 0 Å². The Hall–Kier alpha value is -2.84. The lowest BCUT2D eigenvalue weighted by Gasteiger charge is -2.08. The number of rotatable bonds is 5. The Balaban J connectivity index is 1.64. The van der Waals surface area contributed by atoms with Gasteiger partial charge >= 0.3 is 0 Å². The molecular weight excluding hydrogens is 364 g/mol. The summed E-state index contributed by atoms with van der Waals surface area (Å²) in [7, 11) is -3.69. The van der Waals surface area contributed by atoms with E-state index in [-0.39, 0.29) is 10.8 Å². The summed E-state index contributed by atoms with van der Waals surface area (Å²) in [4.78, 5) is 21.4. The molecule has 0 aliphatic heterocycles. The maximum absolute atomic E-state index is 12.4. The van der Waals surface area contributed by atoms with Crippen molar-refractivity contribution in [2.45, 2.75) is 25.2 Å². The van der Waals surface area contributed by atoms with Crippen LogP contribution in [0.1, 0.15) is 27.3 Å². The Bertz CT molecular complexity index is 1110. The molecule has 140 valence electrons. The molecule has 0 atom stereocenters. The lowest BCUT2D eigenvalue weighted by molar-refractivity contribution is 0.0954. The van der Waals surface area contributed by atoms with Crippen LogP contribution in [-0.2, 0) is 16.4 Å². The van der Waals surface area contributed by atoms with Gasteiger partial charge in [0, 0.05) is 12.1 Å². The summed E-state index contributed by atoms with van der Waals surface area (Å²) in [5.41, 5.74) is 4.56. The summed E-state index contributed by atoms with van der Waals surface area (Å²) >= 11 is 0. The maximum Gasteiger partial charge on any atom is 0.251 e. The van der Waals surface area contributed by atoms with E-state index in [9.17, 15) is 13.2 Å². The van der Waals surface area contributed by atoms with Crippen molar-refractivity contribution in [3.05, 3.63) is 65.0 Å². The molecule has 3 aromatic rings. The van der Waals surface area contributed by atoms with Crippen molar-refractivity contribution in [1.82, 2.24) is 15.3 Å². The molecule has 0 aliphatic rings. The second-order valence-corrected chi connectivity index (χ2v) is 7.85. The average Bonchev–Trinajstić information content (AvgIpc) is 2.62. The van der Waals surface area contributed by atoms with E-state index in [4.69, 9.17) is 5.14 Å². The number of fused-ring (bicyclic) bond motifs is 1. The van der Waals surface area contributed by atoms with Crippen molar-refractivity contribution in [1.29, 1.82) is 0 Å². The van der Waals surface area contributed by atoms with E-state index in [1.54, 1.807) is 30.3 Å². The third-order valence-electron chi connectivity index (χ3n) is 4.29. The summed E-state index contributed by atoms with van der Waals surface area (Å²) < 4.78 is 22.5. The number of nitrogens with zero attached hydrogens (tertiary/aromatic N) is 2. The quantitative estimate of drug-likeness (QED) is 0.697. The lowest BCUT2D eigenvalue weighted by Crippen LogP contribution is -2.25. The standard InChI is InChI=1S/C19H20N4O3S/c1-12-13(2)23-18-11-15(5-8-17(18)22-12)19(24)21-10-9-14-3-6-16(7-4-14)27(20,25)26/h3-8,11H,9-10H2,1-2H3,(H,21,24)(H2,20,25,26). The largest absolute Gasteiger partial charge is 0.352 e. The number of nitrogens with two attached hydrogens (primary N) is 1. The number of carbonyl (C=O) groups is 1. The third kappa shape index (κ3) is 4.47. The van der Waals surface area contributed by atoms with Gasteiger partial charge in [-0.1, -0.05) is 12.1 Å². The van der Waals surface area contributed by atoms with Gasteiger partial charge in [0.25, 0.3) is 5.91 Å². The second kappa shape index (κ2) is 7.42. The zero-order valence-corrected chi connectivity index (χ0v) is 15.9. The number of hydrogen-bond acceptors (Lipinski definition) is 5. The van der Waals surface area contributed by atoms with Crippen LogP contribution >= 0.6 is 0 Å². The normalized spacial score (nSPS) is 11.5. The molecule has 8 heteroatoms. The number of primary sulfonamides is 1. The first-order chi connectivity index (χ1) is 12.7. The summed E-state index contributed by atoms with van der Waals surface area (Å²) in [5, 5.41) is 7.93. The number of aryl methyl sites for hydroxylation is 2. The monoisotopic (exact) mass is 384 g/mol. The second-order valence-electron chi connectivity index (χ2n) is 6.29. The van der Waals surface area contributed by atoms with Gasteiger partial charge in [-0.05, 0) is 56.2 Å². The van der Waals surface area contributed by atoms with Gasteiger partial charge in [-0.15, -0.1) is 0 Å². The third-order valence-corrected chi connectivity index (χ3v) is 5.22. The predicted molar refractivity (Wildman–Crippen MR) is 103 cm³/mol. The first-order valence-corrected chi connectivity index (χ1v) is 9.93. The van der Waals surface area contributed by atoms with E-state index in [1.165, 1.54) is 12.1 Å². The van der Waals surface area contributed by atoms with Crippen molar-refractivity contribution in [2.24, 2.45) is 5.14 Å². The predicted octanol–water partition coefficient (Wildman–Crippen LogP) is 1.87. The molecule has 1 amide bonds. The number of sulfonamides is 1. The van der Waals surface area contributed by atoms with Crippen LogP contribution in [0.4, 0.5) is 0 Å². The van der Waals surface area contributed by atoms with Crippen molar-refractivity contribution in [2.75, 3.05) is 6.54 Å². The van der Waals surface area contributed by atoms with Gasteiger partial charge in [-0.3, -0.25) is 4.79 Å². The molecule has 0 saturated heterocycles. The van der Waals surface area contributed by atoms with E-state index >= 15 is 0 Å². The SMILES string of the molecule is Cc1nc2ccc(C(=O)NCCc3ccc(S(N)(=O)=O)cc3)cc2nc1C. The molecule has 0 fully saturated rings. The highest BCUT2D eigenvalue weighted by atomic mass is 32.2. The number of nitrogens with one attached hydrogen (secondary N) is 1. The molecule has 0 aliphatic carbocycles. The van der Waals surface area contributed by atoms with Gasteiger partial charge in [-0.25, -0.2) is 23.5 Å². The van der Waals surface area contributed by atoms with Crippen molar-refractivity contribution >= 4 is 27.0 Å². The molecule has 0 saturated carbocycles. The number of amides is 1. The zero-order valence-electron chi connectivity index (χ0n) is 15.1. The zero-order chi connectivity index (χ0) is 19.6. The van der Waals surface area contributed by atoms with E-state index in [0.717, 1.165) is 22.5 Å². The van der Waals surface area contributed by atoms with Crippen LogP contribution in [0.3, 0.4) is 0 Å². The molecule has 0 unspecified atom stereocenters. The minimum Gasteiger partial charge on any atom is -0.352 e. The smallest absolute Gasteiger partial charge is 0.251 e. The van der Waals surface area contributed by atoms with E-state index in [0.29, 0.717) is 24.0 Å². The molecule has 2 aromatic carbocycles. The summed E-state index contributed by atoms with van der Waals surface area (Å²) in [6.07, 6.45) is 0.572. The van der Waals surface area contributed by atoms with Crippen LogP contribution in [0.2, 0.25) is 0 Å². The number of carbonyl (C=O) groups excluding carboxylic acids is 1. The molecule has 3 N–H and O–H groups in total. The molecule has 3 rings (SSSR count). The number of aromatic nitrogens is 2. The number of benzene rings is 2. The Morgan fingerprint density at radius 2 is 1.63 bits per heavy atom. The fourth-order valence-electron chi connectivity index (χ4n) is 2.64. The molecule has 27 heavy (non-hydrogen) atoms. The van der Waals surface area contributed by atoms with E-state index in [2.05, 4.69) is 15.3 Å². The molecule has 7 nitrogen and oxygen atoms in total. The lowest BCUT2D eigenvalue weighted by atomic mass is 10.1. The van der Waals surface area contributed by atoms with E-state index < -0.39 is 10.0 Å². The minimum absolute atomic E-state index is 0.0677. The van der Waals surface area contributed by atoms with E-state index in [1.807, 2.05) is 13.8 Å².